The molecule has 1 atom stereocenters. The molecule has 0 saturated heterocycles. The summed E-state index contributed by atoms with van der Waals surface area (Å²) in [6.45, 7) is 0.120. The molecular formula is C10H11ClINO3. The fourth-order valence-electron chi connectivity index (χ4n) is 1.04. The van der Waals surface area contributed by atoms with Crippen LogP contribution in [0.3, 0.4) is 0 Å². The Morgan fingerprint density at radius 1 is 1.62 bits per heavy atom. The van der Waals surface area contributed by atoms with E-state index in [1.54, 1.807) is 18.2 Å². The van der Waals surface area contributed by atoms with Crippen LogP contribution in [0.1, 0.15) is 0 Å². The van der Waals surface area contributed by atoms with Gasteiger partial charge in [-0.05, 0) is 40.8 Å². The quantitative estimate of drug-likeness (QED) is 0.820. The van der Waals surface area contributed by atoms with Crippen molar-refractivity contribution in [2.24, 2.45) is 5.73 Å². The van der Waals surface area contributed by atoms with Gasteiger partial charge in [0, 0.05) is 10.7 Å². The maximum absolute atomic E-state index is 11.0. The number of nitrogens with two attached hydrogens (primary N) is 1. The van der Waals surface area contributed by atoms with Crippen molar-refractivity contribution in [1.29, 1.82) is 0 Å². The summed E-state index contributed by atoms with van der Waals surface area (Å²) < 4.78 is 11.1. The molecule has 0 spiro atoms. The molecule has 0 radical (unpaired) electrons. The molecule has 0 heterocycles. The van der Waals surface area contributed by atoms with Crippen molar-refractivity contribution in [2.45, 2.75) is 6.10 Å². The van der Waals surface area contributed by atoms with Crippen LogP contribution in [0.15, 0.2) is 18.2 Å². The van der Waals surface area contributed by atoms with Crippen LogP contribution in [-0.2, 0) is 9.53 Å². The molecule has 4 nitrogen and oxygen atoms in total. The highest BCUT2D eigenvalue weighted by molar-refractivity contribution is 14.1. The van der Waals surface area contributed by atoms with E-state index in [4.69, 9.17) is 26.8 Å². The first kappa shape index (κ1) is 13.5. The Hall–Kier alpha value is -0.530. The first-order valence-corrected chi connectivity index (χ1v) is 5.90. The van der Waals surface area contributed by atoms with E-state index in [9.17, 15) is 4.79 Å². The maximum atomic E-state index is 11.0. The average Bonchev–Trinajstić information content (AvgIpc) is 2.22. The minimum atomic E-state index is -0.790. The number of amides is 1. The van der Waals surface area contributed by atoms with Crippen LogP contribution in [0.4, 0.5) is 0 Å². The van der Waals surface area contributed by atoms with E-state index in [0.717, 1.165) is 3.57 Å². The van der Waals surface area contributed by atoms with Crippen LogP contribution >= 0.6 is 34.2 Å². The first-order chi connectivity index (χ1) is 7.54. The molecule has 1 rings (SSSR count). The van der Waals surface area contributed by atoms with Crippen molar-refractivity contribution in [3.63, 3.8) is 0 Å². The highest BCUT2D eigenvalue weighted by atomic mass is 127. The van der Waals surface area contributed by atoms with Gasteiger partial charge in [0.15, 0.2) is 6.10 Å². The van der Waals surface area contributed by atoms with Crippen LogP contribution in [0.25, 0.3) is 0 Å². The van der Waals surface area contributed by atoms with Gasteiger partial charge in [-0.25, -0.2) is 0 Å². The van der Waals surface area contributed by atoms with Gasteiger partial charge in [0.25, 0.3) is 5.91 Å². The van der Waals surface area contributed by atoms with E-state index >= 15 is 0 Å². The number of carbonyl (C=O) groups is 1. The van der Waals surface area contributed by atoms with Crippen molar-refractivity contribution in [1.82, 2.24) is 0 Å². The summed E-state index contributed by atoms with van der Waals surface area (Å²) in [5.74, 6) is -0.0264. The summed E-state index contributed by atoms with van der Waals surface area (Å²) in [7, 11) is 1.48. The molecule has 0 fully saturated rings. The molecule has 2 N–H and O–H groups in total. The Balaban J connectivity index is 2.77. The molecule has 1 amide bonds. The number of ether oxygens (including phenoxy) is 2. The van der Waals surface area contributed by atoms with Crippen LogP contribution in [0.5, 0.6) is 5.75 Å². The average molecular weight is 356 g/mol. The Morgan fingerprint density at radius 3 is 2.81 bits per heavy atom. The van der Waals surface area contributed by atoms with Crippen LogP contribution < -0.4 is 10.5 Å². The highest BCUT2D eigenvalue weighted by Crippen LogP contribution is 2.24. The lowest BCUT2D eigenvalue weighted by Gasteiger charge is -2.15. The summed E-state index contributed by atoms with van der Waals surface area (Å²) in [6.07, 6.45) is -0.790. The second-order valence-corrected chi connectivity index (χ2v) is 4.61. The normalized spacial score (nSPS) is 12.2. The fourth-order valence-corrected chi connectivity index (χ4v) is 1.64. The van der Waals surface area contributed by atoms with E-state index in [2.05, 4.69) is 22.6 Å². The zero-order chi connectivity index (χ0) is 12.1. The molecule has 0 saturated carbocycles. The molecule has 0 bridgehead atoms. The number of halogens is 2. The third-order valence-electron chi connectivity index (χ3n) is 1.80. The predicted octanol–water partition coefficient (Wildman–Crippen LogP) is 1.82. The van der Waals surface area contributed by atoms with Crippen molar-refractivity contribution >= 4 is 40.1 Å². The molecule has 88 valence electrons. The molecular weight excluding hydrogens is 344 g/mol. The van der Waals surface area contributed by atoms with Crippen molar-refractivity contribution < 1.29 is 14.3 Å². The van der Waals surface area contributed by atoms with Gasteiger partial charge in [0.1, 0.15) is 5.75 Å². The van der Waals surface area contributed by atoms with Gasteiger partial charge in [-0.15, -0.1) is 0 Å². The third kappa shape index (κ3) is 3.80. The summed E-state index contributed by atoms with van der Waals surface area (Å²) in [5, 5.41) is 0.635. The highest BCUT2D eigenvalue weighted by Gasteiger charge is 2.17. The van der Waals surface area contributed by atoms with E-state index in [0.29, 0.717) is 10.8 Å². The second kappa shape index (κ2) is 6.27. The summed E-state index contributed by atoms with van der Waals surface area (Å²) in [4.78, 5) is 11.0. The lowest BCUT2D eigenvalue weighted by Crippen LogP contribution is -2.37. The van der Waals surface area contributed by atoms with Gasteiger partial charge in [-0.1, -0.05) is 11.6 Å². The van der Waals surface area contributed by atoms with Crippen molar-refractivity contribution in [3.05, 3.63) is 26.8 Å². The molecule has 0 aromatic heterocycles. The van der Waals surface area contributed by atoms with Crippen molar-refractivity contribution in [3.8, 4) is 5.75 Å². The van der Waals surface area contributed by atoms with Crippen molar-refractivity contribution in [2.75, 3.05) is 13.7 Å². The Morgan fingerprint density at radius 2 is 2.31 bits per heavy atom. The van der Waals surface area contributed by atoms with E-state index < -0.39 is 12.0 Å². The SMILES string of the molecule is COCC(Oc1ccc(Cl)c(I)c1)C(N)=O. The number of primary amides is 1. The standard InChI is InChI=1S/C10H11ClINO3/c1-15-5-9(10(13)14)16-6-2-3-7(11)8(12)4-6/h2-4,9H,5H2,1H3,(H2,13,14). The first-order valence-electron chi connectivity index (χ1n) is 4.44. The van der Waals surface area contributed by atoms with Gasteiger partial charge < -0.3 is 15.2 Å². The Bertz CT molecular complexity index is 386. The molecule has 1 aromatic rings. The number of rotatable bonds is 5. The number of methoxy groups -OCH3 is 1. The molecule has 0 aliphatic carbocycles. The molecule has 1 unspecified atom stereocenters. The van der Waals surface area contributed by atoms with E-state index in [1.165, 1.54) is 7.11 Å². The van der Waals surface area contributed by atoms with Crippen LogP contribution in [0.2, 0.25) is 5.02 Å². The summed E-state index contributed by atoms with van der Waals surface area (Å²) >= 11 is 7.94. The topological polar surface area (TPSA) is 61.6 Å². The molecule has 16 heavy (non-hydrogen) atoms. The number of benzene rings is 1. The Labute approximate surface area is 112 Å². The fraction of sp³-hybridized carbons (Fsp3) is 0.300. The molecule has 1 aromatic carbocycles. The smallest absolute Gasteiger partial charge is 0.260 e. The largest absolute Gasteiger partial charge is 0.478 e. The molecule has 0 aliphatic rings. The molecule has 6 heteroatoms. The number of hydrogen-bond acceptors (Lipinski definition) is 3. The third-order valence-corrected chi connectivity index (χ3v) is 3.35. The minimum absolute atomic E-state index is 0.120. The van der Waals surface area contributed by atoms with Gasteiger partial charge in [-0.3, -0.25) is 4.79 Å². The second-order valence-electron chi connectivity index (χ2n) is 3.04. The van der Waals surface area contributed by atoms with Gasteiger partial charge in [0.05, 0.1) is 11.6 Å². The zero-order valence-corrected chi connectivity index (χ0v) is 11.5. The maximum Gasteiger partial charge on any atom is 0.260 e. The van der Waals surface area contributed by atoms with E-state index in [-0.39, 0.29) is 6.61 Å². The van der Waals surface area contributed by atoms with Crippen LogP contribution in [-0.4, -0.2) is 25.7 Å². The summed E-state index contributed by atoms with van der Waals surface area (Å²) in [5.41, 5.74) is 5.17. The number of carbonyl (C=O) groups excluding carboxylic acids is 1. The number of hydrogen-bond donors (Lipinski definition) is 1. The minimum Gasteiger partial charge on any atom is -0.478 e. The lowest BCUT2D eigenvalue weighted by molar-refractivity contribution is -0.126. The van der Waals surface area contributed by atoms with E-state index in [1.807, 2.05) is 0 Å². The Kier molecular flexibility index (Phi) is 5.30. The lowest BCUT2D eigenvalue weighted by atomic mass is 10.3. The predicted molar refractivity (Wildman–Crippen MR) is 69.7 cm³/mol. The van der Waals surface area contributed by atoms with Gasteiger partial charge >= 0.3 is 0 Å². The van der Waals surface area contributed by atoms with Gasteiger partial charge in [0.2, 0.25) is 0 Å². The van der Waals surface area contributed by atoms with Crippen LogP contribution in [0, 0.1) is 3.57 Å². The summed E-state index contributed by atoms with van der Waals surface area (Å²) in [6, 6.07) is 5.11. The zero-order valence-electron chi connectivity index (χ0n) is 8.57. The monoisotopic (exact) mass is 355 g/mol. The van der Waals surface area contributed by atoms with Gasteiger partial charge in [-0.2, -0.15) is 0 Å². The molecule has 0 aliphatic heterocycles.